The Morgan fingerprint density at radius 3 is 2.67 bits per heavy atom. The number of nitrogens with zero attached hydrogens (tertiary/aromatic N) is 3. The Balaban J connectivity index is 1.96. The van der Waals surface area contributed by atoms with Crippen molar-refractivity contribution in [1.29, 1.82) is 5.26 Å². The van der Waals surface area contributed by atoms with Gasteiger partial charge in [-0.05, 0) is 29.8 Å². The highest BCUT2D eigenvalue weighted by molar-refractivity contribution is 5.72. The van der Waals surface area contributed by atoms with Crippen LogP contribution in [0.2, 0.25) is 0 Å². The molecule has 2 aromatic heterocycles. The van der Waals surface area contributed by atoms with Gasteiger partial charge >= 0.3 is 0 Å². The Morgan fingerprint density at radius 2 is 1.92 bits per heavy atom. The van der Waals surface area contributed by atoms with Gasteiger partial charge in [0.1, 0.15) is 6.07 Å². The summed E-state index contributed by atoms with van der Waals surface area (Å²) >= 11 is 0. The van der Waals surface area contributed by atoms with Crippen LogP contribution in [0.5, 0.6) is 0 Å². The van der Waals surface area contributed by atoms with Crippen molar-refractivity contribution in [3.8, 4) is 17.2 Å². The second-order valence-electron chi connectivity index (χ2n) is 5.08. The van der Waals surface area contributed by atoms with E-state index in [1.165, 1.54) is 0 Å². The first-order valence-electron chi connectivity index (χ1n) is 7.01. The SMILES string of the molecule is N#Cc1cc(F)c(N)nc1Nc1cncc(-c2cccc(N)c2)c1. The van der Waals surface area contributed by atoms with Crippen LogP contribution in [0.4, 0.5) is 27.4 Å². The molecule has 5 N–H and O–H groups in total. The normalized spacial score (nSPS) is 10.2. The highest BCUT2D eigenvalue weighted by atomic mass is 19.1. The summed E-state index contributed by atoms with van der Waals surface area (Å²) in [5, 5.41) is 12.1. The molecule has 0 bridgehead atoms. The average molecular weight is 320 g/mol. The molecule has 0 spiro atoms. The minimum Gasteiger partial charge on any atom is -0.399 e. The van der Waals surface area contributed by atoms with Crippen LogP contribution in [-0.4, -0.2) is 9.97 Å². The summed E-state index contributed by atoms with van der Waals surface area (Å²) in [6.07, 6.45) is 3.26. The van der Waals surface area contributed by atoms with Gasteiger partial charge in [0.05, 0.1) is 17.4 Å². The maximum absolute atomic E-state index is 13.4. The monoisotopic (exact) mass is 320 g/mol. The summed E-state index contributed by atoms with van der Waals surface area (Å²) < 4.78 is 13.4. The van der Waals surface area contributed by atoms with Gasteiger partial charge in [0.2, 0.25) is 0 Å². The topological polar surface area (TPSA) is 114 Å². The molecule has 1 aromatic carbocycles. The van der Waals surface area contributed by atoms with Crippen LogP contribution in [0.25, 0.3) is 11.1 Å². The lowest BCUT2D eigenvalue weighted by Crippen LogP contribution is -2.03. The number of nitrogens with two attached hydrogens (primary N) is 2. The number of rotatable bonds is 3. The molecule has 0 amide bonds. The summed E-state index contributed by atoms with van der Waals surface area (Å²) in [6.45, 7) is 0. The van der Waals surface area contributed by atoms with Gasteiger partial charge in [0, 0.05) is 17.4 Å². The van der Waals surface area contributed by atoms with E-state index in [4.69, 9.17) is 16.7 Å². The largest absolute Gasteiger partial charge is 0.399 e. The first kappa shape index (κ1) is 15.2. The predicted octanol–water partition coefficient (Wildman–Crippen LogP) is 3.06. The fourth-order valence-corrected chi connectivity index (χ4v) is 2.20. The molecule has 2 heterocycles. The van der Waals surface area contributed by atoms with Gasteiger partial charge in [-0.15, -0.1) is 0 Å². The molecule has 0 aliphatic carbocycles. The first-order valence-corrected chi connectivity index (χ1v) is 7.01. The molecule has 0 unspecified atom stereocenters. The quantitative estimate of drug-likeness (QED) is 0.639. The summed E-state index contributed by atoms with van der Waals surface area (Å²) in [7, 11) is 0. The molecule has 0 aliphatic rings. The van der Waals surface area contributed by atoms with E-state index in [0.717, 1.165) is 17.2 Å². The summed E-state index contributed by atoms with van der Waals surface area (Å²) in [6, 6.07) is 12.1. The van der Waals surface area contributed by atoms with Gasteiger partial charge in [-0.1, -0.05) is 12.1 Å². The molecule has 0 atom stereocenters. The Hall–Kier alpha value is -3.66. The predicted molar refractivity (Wildman–Crippen MR) is 90.7 cm³/mol. The van der Waals surface area contributed by atoms with Gasteiger partial charge in [-0.3, -0.25) is 4.98 Å². The standard InChI is InChI=1S/C17H13FN6/c18-15-6-11(7-19)17(24-16(15)21)23-14-5-12(8-22-9-14)10-2-1-3-13(20)4-10/h1-6,8-9H,20H2,(H3,21,23,24). The summed E-state index contributed by atoms with van der Waals surface area (Å²) in [5.74, 6) is -0.844. The van der Waals surface area contributed by atoms with E-state index in [1.807, 2.05) is 30.3 Å². The van der Waals surface area contributed by atoms with Gasteiger partial charge < -0.3 is 16.8 Å². The van der Waals surface area contributed by atoms with Crippen molar-refractivity contribution in [2.75, 3.05) is 16.8 Å². The molecule has 0 aliphatic heterocycles. The summed E-state index contributed by atoms with van der Waals surface area (Å²) in [4.78, 5) is 8.04. The molecule has 0 fully saturated rings. The highest BCUT2D eigenvalue weighted by Crippen LogP contribution is 2.26. The van der Waals surface area contributed by atoms with Gasteiger partial charge in [0.15, 0.2) is 17.5 Å². The third-order valence-electron chi connectivity index (χ3n) is 3.34. The molecule has 118 valence electrons. The Bertz CT molecular complexity index is 948. The fraction of sp³-hybridized carbons (Fsp3) is 0. The number of benzene rings is 1. The fourth-order valence-electron chi connectivity index (χ4n) is 2.20. The maximum Gasteiger partial charge on any atom is 0.166 e. The van der Waals surface area contributed by atoms with E-state index < -0.39 is 5.82 Å². The van der Waals surface area contributed by atoms with E-state index in [0.29, 0.717) is 11.4 Å². The van der Waals surface area contributed by atoms with Crippen molar-refractivity contribution in [2.45, 2.75) is 0 Å². The van der Waals surface area contributed by atoms with Crippen LogP contribution in [0.15, 0.2) is 48.8 Å². The molecule has 7 heteroatoms. The average Bonchev–Trinajstić information content (AvgIpc) is 2.58. The van der Waals surface area contributed by atoms with Crippen LogP contribution in [-0.2, 0) is 0 Å². The van der Waals surface area contributed by atoms with E-state index in [1.54, 1.807) is 18.5 Å². The van der Waals surface area contributed by atoms with Crippen molar-refractivity contribution in [1.82, 2.24) is 9.97 Å². The number of nitrogen functional groups attached to an aromatic ring is 2. The molecule has 3 aromatic rings. The smallest absolute Gasteiger partial charge is 0.166 e. The molecule has 6 nitrogen and oxygen atoms in total. The van der Waals surface area contributed by atoms with Crippen LogP contribution in [0.3, 0.4) is 0 Å². The van der Waals surface area contributed by atoms with Gasteiger partial charge in [-0.25, -0.2) is 9.37 Å². The molecule has 0 radical (unpaired) electrons. The molecule has 24 heavy (non-hydrogen) atoms. The third kappa shape index (κ3) is 3.08. The molecular formula is C17H13FN6. The Kier molecular flexibility index (Phi) is 3.95. The van der Waals surface area contributed by atoms with Crippen LogP contribution in [0.1, 0.15) is 5.56 Å². The highest BCUT2D eigenvalue weighted by Gasteiger charge is 2.10. The van der Waals surface area contributed by atoms with Gasteiger partial charge in [0.25, 0.3) is 0 Å². The van der Waals surface area contributed by atoms with E-state index in [-0.39, 0.29) is 17.2 Å². The molecule has 3 rings (SSSR count). The number of hydrogen-bond donors (Lipinski definition) is 3. The number of nitrogens with one attached hydrogen (secondary N) is 1. The minimum absolute atomic E-state index is 0.0519. The second kappa shape index (κ2) is 6.22. The lowest BCUT2D eigenvalue weighted by Gasteiger charge is -2.10. The Labute approximate surface area is 137 Å². The van der Waals surface area contributed by atoms with Crippen LogP contribution < -0.4 is 16.8 Å². The van der Waals surface area contributed by atoms with Crippen molar-refractivity contribution < 1.29 is 4.39 Å². The molecular weight excluding hydrogens is 307 g/mol. The number of halogens is 1. The lowest BCUT2D eigenvalue weighted by atomic mass is 10.1. The second-order valence-corrected chi connectivity index (χ2v) is 5.08. The van der Waals surface area contributed by atoms with Crippen molar-refractivity contribution in [2.24, 2.45) is 0 Å². The van der Waals surface area contributed by atoms with Crippen molar-refractivity contribution >= 4 is 23.0 Å². The van der Waals surface area contributed by atoms with E-state index in [2.05, 4.69) is 15.3 Å². The third-order valence-corrected chi connectivity index (χ3v) is 3.34. The number of hydrogen-bond acceptors (Lipinski definition) is 6. The zero-order valence-electron chi connectivity index (χ0n) is 12.5. The first-order chi connectivity index (χ1) is 11.6. The number of pyridine rings is 2. The molecule has 0 saturated heterocycles. The zero-order chi connectivity index (χ0) is 17.1. The van der Waals surface area contributed by atoms with Crippen molar-refractivity contribution in [3.05, 3.63) is 60.2 Å². The lowest BCUT2D eigenvalue weighted by molar-refractivity contribution is 0.627. The summed E-state index contributed by atoms with van der Waals surface area (Å²) in [5.41, 5.74) is 14.3. The minimum atomic E-state index is -0.733. The number of anilines is 4. The van der Waals surface area contributed by atoms with Crippen LogP contribution >= 0.6 is 0 Å². The van der Waals surface area contributed by atoms with E-state index >= 15 is 0 Å². The Morgan fingerprint density at radius 1 is 1.08 bits per heavy atom. The maximum atomic E-state index is 13.4. The number of aromatic nitrogens is 2. The van der Waals surface area contributed by atoms with Crippen LogP contribution in [0, 0.1) is 17.1 Å². The zero-order valence-corrected chi connectivity index (χ0v) is 12.5. The molecule has 0 saturated carbocycles. The van der Waals surface area contributed by atoms with Crippen molar-refractivity contribution in [3.63, 3.8) is 0 Å². The van der Waals surface area contributed by atoms with Gasteiger partial charge in [-0.2, -0.15) is 5.26 Å². The van der Waals surface area contributed by atoms with E-state index in [9.17, 15) is 4.39 Å². The number of nitriles is 1.